The highest BCUT2D eigenvalue weighted by atomic mass is 127. The summed E-state index contributed by atoms with van der Waals surface area (Å²) in [5, 5.41) is 15.3. The number of benzene rings is 4. The third-order valence-electron chi connectivity index (χ3n) is 5.78. The van der Waals surface area contributed by atoms with Crippen molar-refractivity contribution in [1.29, 1.82) is 5.26 Å². The lowest BCUT2D eigenvalue weighted by molar-refractivity contribution is -0.112. The van der Waals surface area contributed by atoms with Crippen molar-refractivity contribution >= 4 is 62.6 Å². The number of fused-ring (bicyclic) bond motifs is 1. The van der Waals surface area contributed by atoms with Crippen LogP contribution in [0.3, 0.4) is 0 Å². The largest absolute Gasteiger partial charge is 0.490 e. The molecule has 7 heteroatoms. The molecule has 0 aliphatic rings. The van der Waals surface area contributed by atoms with Crippen LogP contribution in [0.15, 0.2) is 78.4 Å². The molecule has 0 spiro atoms. The topological polar surface area (TPSA) is 71.3 Å². The Morgan fingerprint density at radius 1 is 1.08 bits per heavy atom. The van der Waals surface area contributed by atoms with Gasteiger partial charge in [-0.2, -0.15) is 5.26 Å². The molecule has 1 amide bonds. The maximum Gasteiger partial charge on any atom is 0.266 e. The van der Waals surface area contributed by atoms with Crippen molar-refractivity contribution in [2.75, 3.05) is 11.9 Å². The summed E-state index contributed by atoms with van der Waals surface area (Å²) >= 11 is 8.34. The maximum atomic E-state index is 12.8. The lowest BCUT2D eigenvalue weighted by atomic mass is 10.1. The van der Waals surface area contributed by atoms with Crippen LogP contribution in [-0.2, 0) is 11.4 Å². The predicted octanol–water partition coefficient (Wildman–Crippen LogP) is 7.93. The van der Waals surface area contributed by atoms with E-state index in [4.69, 9.17) is 21.1 Å². The van der Waals surface area contributed by atoms with E-state index in [1.807, 2.05) is 43.3 Å². The second kappa shape index (κ2) is 12.1. The Kier molecular flexibility index (Phi) is 8.70. The standard InChI is InChI=1S/C30H24ClIN2O3/c1-3-36-28-16-20(14-23(17-33)30(35)34-27-13-7-12-25(31)19(27)2)15-26(32)29(28)37-18-22-10-6-9-21-8-4-5-11-24(21)22/h4-16H,3,18H2,1-2H3,(H,34,35)/b23-14+. The molecule has 4 aromatic rings. The average molecular weight is 623 g/mol. The van der Waals surface area contributed by atoms with Gasteiger partial charge in [0.05, 0.1) is 10.2 Å². The van der Waals surface area contributed by atoms with Gasteiger partial charge < -0.3 is 14.8 Å². The molecular formula is C30H24ClIN2O3. The maximum absolute atomic E-state index is 12.8. The van der Waals surface area contributed by atoms with Crippen LogP contribution >= 0.6 is 34.2 Å². The summed E-state index contributed by atoms with van der Waals surface area (Å²) < 4.78 is 12.9. The molecule has 0 unspecified atom stereocenters. The van der Waals surface area contributed by atoms with Crippen molar-refractivity contribution in [2.45, 2.75) is 20.5 Å². The molecule has 0 aliphatic heterocycles. The average Bonchev–Trinajstić information content (AvgIpc) is 2.89. The number of hydrogen-bond donors (Lipinski definition) is 1. The minimum absolute atomic E-state index is 0.0398. The summed E-state index contributed by atoms with van der Waals surface area (Å²) in [6, 6.07) is 25.2. The first-order chi connectivity index (χ1) is 17.9. The van der Waals surface area contributed by atoms with E-state index in [0.717, 1.165) is 25.5 Å². The third-order valence-corrected chi connectivity index (χ3v) is 6.99. The number of rotatable bonds is 8. The Hall–Kier alpha value is -3.54. The molecule has 5 nitrogen and oxygen atoms in total. The second-order valence-electron chi connectivity index (χ2n) is 8.23. The molecule has 0 aromatic heterocycles. The van der Waals surface area contributed by atoms with E-state index in [-0.39, 0.29) is 5.57 Å². The highest BCUT2D eigenvalue weighted by Crippen LogP contribution is 2.36. The number of nitrogens with zero attached hydrogens (tertiary/aromatic N) is 1. The lowest BCUT2D eigenvalue weighted by Gasteiger charge is -2.16. The summed E-state index contributed by atoms with van der Waals surface area (Å²) in [6.07, 6.45) is 1.54. The van der Waals surface area contributed by atoms with E-state index in [9.17, 15) is 10.1 Å². The van der Waals surface area contributed by atoms with Crippen LogP contribution in [0.25, 0.3) is 16.8 Å². The first kappa shape index (κ1) is 26.5. The zero-order valence-electron chi connectivity index (χ0n) is 20.3. The highest BCUT2D eigenvalue weighted by Gasteiger charge is 2.16. The first-order valence-corrected chi connectivity index (χ1v) is 13.1. The number of carbonyl (C=O) groups excluding carboxylic acids is 1. The number of nitrogens with one attached hydrogen (secondary N) is 1. The first-order valence-electron chi connectivity index (χ1n) is 11.6. The summed E-state index contributed by atoms with van der Waals surface area (Å²) in [6.45, 7) is 4.51. The van der Waals surface area contributed by atoms with Crippen LogP contribution in [0, 0.1) is 21.8 Å². The monoisotopic (exact) mass is 622 g/mol. The van der Waals surface area contributed by atoms with Crippen LogP contribution in [0.5, 0.6) is 11.5 Å². The Bertz CT molecular complexity index is 1540. The molecule has 0 atom stereocenters. The van der Waals surface area contributed by atoms with Gasteiger partial charge in [0.15, 0.2) is 11.5 Å². The number of anilines is 1. The molecule has 186 valence electrons. The third kappa shape index (κ3) is 6.24. The Morgan fingerprint density at radius 2 is 1.84 bits per heavy atom. The van der Waals surface area contributed by atoms with Gasteiger partial charge in [-0.1, -0.05) is 60.1 Å². The van der Waals surface area contributed by atoms with Gasteiger partial charge in [-0.3, -0.25) is 4.79 Å². The second-order valence-corrected chi connectivity index (χ2v) is 9.80. The summed E-state index contributed by atoms with van der Waals surface area (Å²) in [4.78, 5) is 12.8. The Balaban J connectivity index is 1.60. The fraction of sp³-hybridized carbons (Fsp3) is 0.133. The van der Waals surface area contributed by atoms with E-state index in [1.54, 1.807) is 31.2 Å². The van der Waals surface area contributed by atoms with Crippen LogP contribution in [0.2, 0.25) is 5.02 Å². The van der Waals surface area contributed by atoms with Crippen molar-refractivity contribution in [2.24, 2.45) is 0 Å². The van der Waals surface area contributed by atoms with Gasteiger partial charge in [0.25, 0.3) is 5.91 Å². The normalized spacial score (nSPS) is 11.2. The van der Waals surface area contributed by atoms with Gasteiger partial charge in [-0.15, -0.1) is 0 Å². The van der Waals surface area contributed by atoms with Crippen molar-refractivity contribution < 1.29 is 14.3 Å². The highest BCUT2D eigenvalue weighted by molar-refractivity contribution is 14.1. The van der Waals surface area contributed by atoms with Gasteiger partial charge in [-0.05, 0) is 94.2 Å². The fourth-order valence-corrected chi connectivity index (χ4v) is 4.85. The van der Waals surface area contributed by atoms with Gasteiger partial charge in [-0.25, -0.2) is 0 Å². The van der Waals surface area contributed by atoms with Gasteiger partial charge >= 0.3 is 0 Å². The molecule has 1 N–H and O–H groups in total. The number of halogens is 2. The summed E-state index contributed by atoms with van der Waals surface area (Å²) in [5.41, 5.74) is 2.97. The van der Waals surface area contributed by atoms with Crippen molar-refractivity contribution in [1.82, 2.24) is 0 Å². The zero-order valence-corrected chi connectivity index (χ0v) is 23.3. The van der Waals surface area contributed by atoms with Crippen molar-refractivity contribution in [3.05, 3.63) is 104 Å². The Morgan fingerprint density at radius 3 is 2.62 bits per heavy atom. The predicted molar refractivity (Wildman–Crippen MR) is 157 cm³/mol. The van der Waals surface area contributed by atoms with Gasteiger partial charge in [0.1, 0.15) is 18.2 Å². The van der Waals surface area contributed by atoms with E-state index < -0.39 is 5.91 Å². The molecule has 4 aromatic carbocycles. The van der Waals surface area contributed by atoms with Crippen molar-refractivity contribution in [3.8, 4) is 17.6 Å². The zero-order chi connectivity index (χ0) is 26.4. The molecule has 4 rings (SSSR count). The van der Waals surface area contributed by atoms with E-state index in [1.165, 1.54) is 6.08 Å². The summed E-state index contributed by atoms with van der Waals surface area (Å²) in [7, 11) is 0. The molecule has 37 heavy (non-hydrogen) atoms. The number of ether oxygens (including phenoxy) is 2. The van der Waals surface area contributed by atoms with Gasteiger partial charge in [0, 0.05) is 10.7 Å². The molecular weight excluding hydrogens is 599 g/mol. The van der Waals surface area contributed by atoms with Crippen LogP contribution in [0.1, 0.15) is 23.6 Å². The smallest absolute Gasteiger partial charge is 0.266 e. The summed E-state index contributed by atoms with van der Waals surface area (Å²) in [5.74, 6) is 0.645. The Labute approximate surface area is 234 Å². The van der Waals surface area contributed by atoms with Crippen LogP contribution < -0.4 is 14.8 Å². The fourth-order valence-electron chi connectivity index (χ4n) is 3.89. The molecule has 0 radical (unpaired) electrons. The molecule has 0 saturated heterocycles. The lowest BCUT2D eigenvalue weighted by Crippen LogP contribution is -2.14. The molecule has 0 heterocycles. The molecule has 0 bridgehead atoms. The number of amides is 1. The number of nitriles is 1. The van der Waals surface area contributed by atoms with Crippen molar-refractivity contribution in [3.63, 3.8) is 0 Å². The molecule has 0 saturated carbocycles. The molecule has 0 aliphatic carbocycles. The van der Waals surface area contributed by atoms with Crippen LogP contribution in [-0.4, -0.2) is 12.5 Å². The minimum Gasteiger partial charge on any atom is -0.490 e. The minimum atomic E-state index is -0.517. The number of hydrogen-bond acceptors (Lipinski definition) is 4. The van der Waals surface area contributed by atoms with E-state index in [2.05, 4.69) is 46.1 Å². The SMILES string of the molecule is CCOc1cc(/C=C(\C#N)C(=O)Nc2cccc(Cl)c2C)cc(I)c1OCc1cccc2ccccc12. The quantitative estimate of drug-likeness (QED) is 0.123. The number of carbonyl (C=O) groups is 1. The van der Waals surface area contributed by atoms with E-state index in [0.29, 0.717) is 41.0 Å². The van der Waals surface area contributed by atoms with E-state index >= 15 is 0 Å². The molecule has 0 fully saturated rings. The van der Waals surface area contributed by atoms with Crippen LogP contribution in [0.4, 0.5) is 5.69 Å². The van der Waals surface area contributed by atoms with Gasteiger partial charge in [0.2, 0.25) is 0 Å².